The van der Waals surface area contributed by atoms with Crippen molar-refractivity contribution in [1.29, 1.82) is 5.26 Å². The molecule has 3 rings (SSSR count). The average Bonchev–Trinajstić information content (AvgIpc) is 2.94. The van der Waals surface area contributed by atoms with Crippen LogP contribution in [0, 0.1) is 27.4 Å². The number of nitro groups is 1. The first-order chi connectivity index (χ1) is 18.2. The third-order valence-corrected chi connectivity index (χ3v) is 7.45. The van der Waals surface area contributed by atoms with Gasteiger partial charge in [-0.25, -0.2) is 0 Å². The zero-order chi connectivity index (χ0) is 27.9. The fourth-order valence-electron chi connectivity index (χ4n) is 4.99. The third kappa shape index (κ3) is 5.89. The topological polar surface area (TPSA) is 133 Å². The molecule has 0 saturated carbocycles. The molecular weight excluding hydrogens is 492 g/mol. The molecule has 0 amide bonds. The molecule has 206 valence electrons. The minimum Gasteiger partial charge on any atom is -0.493 e. The summed E-state index contributed by atoms with van der Waals surface area (Å²) in [6.45, 7) is 4.08. The fourth-order valence-corrected chi connectivity index (χ4v) is 4.99. The van der Waals surface area contributed by atoms with Crippen molar-refractivity contribution < 1.29 is 33.7 Å². The van der Waals surface area contributed by atoms with E-state index in [2.05, 4.69) is 6.07 Å². The van der Waals surface area contributed by atoms with Gasteiger partial charge in [0, 0.05) is 4.92 Å². The second-order valence-electron chi connectivity index (χ2n) is 9.50. The van der Waals surface area contributed by atoms with Crippen LogP contribution in [0.2, 0.25) is 0 Å². The summed E-state index contributed by atoms with van der Waals surface area (Å²) in [5.74, 6) is 2.18. The van der Waals surface area contributed by atoms with Crippen molar-refractivity contribution >= 4 is 0 Å². The number of hydrogen-bond donors (Lipinski definition) is 1. The lowest BCUT2D eigenvalue weighted by Gasteiger charge is -2.35. The van der Waals surface area contributed by atoms with Gasteiger partial charge in [-0.3, -0.25) is 10.1 Å². The number of nitriles is 1. The molecule has 1 heterocycles. The van der Waals surface area contributed by atoms with Gasteiger partial charge in [-0.1, -0.05) is 32.4 Å². The van der Waals surface area contributed by atoms with Crippen molar-refractivity contribution in [2.45, 2.75) is 63.2 Å². The third-order valence-electron chi connectivity index (χ3n) is 7.45. The number of methoxy groups -OCH3 is 3. The van der Waals surface area contributed by atoms with E-state index in [1.54, 1.807) is 30.3 Å². The second kappa shape index (κ2) is 12.7. The highest BCUT2D eigenvalue weighted by Gasteiger charge is 2.42. The van der Waals surface area contributed by atoms with Crippen LogP contribution in [0.1, 0.15) is 45.1 Å². The average molecular weight is 529 g/mol. The van der Waals surface area contributed by atoms with Crippen LogP contribution in [0.5, 0.6) is 28.7 Å². The highest BCUT2D eigenvalue weighted by molar-refractivity contribution is 5.56. The number of rotatable bonds is 13. The minimum absolute atomic E-state index is 0.0321. The normalized spacial score (nSPS) is 18.3. The number of benzene rings is 2. The smallest absolute Gasteiger partial charge is 0.242 e. The van der Waals surface area contributed by atoms with Gasteiger partial charge < -0.3 is 28.8 Å². The van der Waals surface area contributed by atoms with Crippen LogP contribution in [0.3, 0.4) is 0 Å². The number of nitrogens with zero attached hydrogens (tertiary/aromatic N) is 2. The van der Waals surface area contributed by atoms with Crippen molar-refractivity contribution in [3.8, 4) is 34.8 Å². The van der Waals surface area contributed by atoms with Crippen molar-refractivity contribution in [2.75, 3.05) is 27.9 Å². The Kier molecular flexibility index (Phi) is 9.64. The Balaban J connectivity index is 1.85. The van der Waals surface area contributed by atoms with Crippen LogP contribution in [-0.4, -0.2) is 56.2 Å². The lowest BCUT2D eigenvalue weighted by molar-refractivity contribution is -0.537. The maximum Gasteiger partial charge on any atom is 0.242 e. The highest BCUT2D eigenvalue weighted by Crippen LogP contribution is 2.46. The van der Waals surface area contributed by atoms with E-state index in [9.17, 15) is 20.5 Å². The summed E-state index contributed by atoms with van der Waals surface area (Å²) in [6.07, 6.45) is -1.02. The predicted molar refractivity (Wildman–Crippen MR) is 140 cm³/mol. The maximum absolute atomic E-state index is 12.0. The standard InChI is InChI=1S/C28H36N2O8/c1-6-18(2)28(17-29,19-13-25(34-3)27(36-5)26(14-19)35-4)12-11-22(31)21(30(32)33)15-20-16-37-23-9-7-8-10-24(23)38-20/h7-10,13-14,18,20-22,31H,6,11-12,15-16H2,1-5H3. The monoisotopic (exact) mass is 528 g/mol. The van der Waals surface area contributed by atoms with Crippen LogP contribution in [-0.2, 0) is 5.41 Å². The Labute approximate surface area is 223 Å². The summed E-state index contributed by atoms with van der Waals surface area (Å²) in [7, 11) is 4.50. The first-order valence-corrected chi connectivity index (χ1v) is 12.7. The molecule has 38 heavy (non-hydrogen) atoms. The molecule has 0 aromatic heterocycles. The Bertz CT molecular complexity index is 1120. The predicted octanol–water partition coefficient (Wildman–Crippen LogP) is 4.54. The number of fused-ring (bicyclic) bond motifs is 1. The zero-order valence-corrected chi connectivity index (χ0v) is 22.5. The molecule has 0 spiro atoms. The molecule has 5 atom stereocenters. The summed E-state index contributed by atoms with van der Waals surface area (Å²) in [6, 6.07) is 11.8. The Hall–Kier alpha value is -3.71. The number of aliphatic hydroxyl groups is 1. The van der Waals surface area contributed by atoms with Crippen LogP contribution in [0.4, 0.5) is 0 Å². The lowest BCUT2D eigenvalue weighted by Crippen LogP contribution is -2.42. The Morgan fingerprint density at radius 3 is 2.34 bits per heavy atom. The zero-order valence-electron chi connectivity index (χ0n) is 22.5. The maximum atomic E-state index is 12.0. The molecule has 2 aromatic carbocycles. The van der Waals surface area contributed by atoms with E-state index in [1.807, 2.05) is 19.9 Å². The summed E-state index contributed by atoms with van der Waals surface area (Å²) in [4.78, 5) is 11.5. The molecule has 0 bridgehead atoms. The summed E-state index contributed by atoms with van der Waals surface area (Å²) >= 11 is 0. The van der Waals surface area contributed by atoms with E-state index in [-0.39, 0.29) is 31.8 Å². The van der Waals surface area contributed by atoms with Gasteiger partial charge in [0.15, 0.2) is 23.0 Å². The van der Waals surface area contributed by atoms with Gasteiger partial charge in [0.25, 0.3) is 0 Å². The van der Waals surface area contributed by atoms with Crippen LogP contribution in [0.15, 0.2) is 36.4 Å². The molecule has 0 fully saturated rings. The van der Waals surface area contributed by atoms with E-state index < -0.39 is 28.6 Å². The van der Waals surface area contributed by atoms with Crippen molar-refractivity contribution in [3.63, 3.8) is 0 Å². The number of ether oxygens (including phenoxy) is 5. The molecule has 2 aromatic rings. The summed E-state index contributed by atoms with van der Waals surface area (Å²) in [5, 5.41) is 33.5. The molecule has 10 nitrogen and oxygen atoms in total. The van der Waals surface area contributed by atoms with Crippen LogP contribution in [0.25, 0.3) is 0 Å². The molecule has 1 N–H and O–H groups in total. The molecule has 0 radical (unpaired) electrons. The van der Waals surface area contributed by atoms with E-state index >= 15 is 0 Å². The minimum atomic E-state index is -1.30. The van der Waals surface area contributed by atoms with Gasteiger partial charge in [0.1, 0.15) is 18.8 Å². The quantitative estimate of drug-likeness (QED) is 0.294. The number of para-hydroxylation sites is 2. The second-order valence-corrected chi connectivity index (χ2v) is 9.50. The molecule has 1 aliphatic heterocycles. The van der Waals surface area contributed by atoms with Gasteiger partial charge in [-0.05, 0) is 48.6 Å². The fraction of sp³-hybridized carbons (Fsp3) is 0.536. The molecule has 1 aliphatic rings. The van der Waals surface area contributed by atoms with Gasteiger partial charge >= 0.3 is 0 Å². The lowest BCUT2D eigenvalue weighted by atomic mass is 9.67. The number of aliphatic hydroxyl groups excluding tert-OH is 1. The summed E-state index contributed by atoms with van der Waals surface area (Å²) in [5.41, 5.74) is -0.429. The van der Waals surface area contributed by atoms with Crippen molar-refractivity contribution in [3.05, 3.63) is 52.1 Å². The molecular formula is C28H36N2O8. The number of hydrogen-bond acceptors (Lipinski definition) is 9. The van der Waals surface area contributed by atoms with E-state index in [0.717, 1.165) is 0 Å². The molecule has 10 heteroatoms. The largest absolute Gasteiger partial charge is 0.493 e. The van der Waals surface area contributed by atoms with E-state index in [1.165, 1.54) is 21.3 Å². The van der Waals surface area contributed by atoms with Crippen molar-refractivity contribution in [2.24, 2.45) is 5.92 Å². The van der Waals surface area contributed by atoms with Crippen LogP contribution >= 0.6 is 0 Å². The SMILES string of the molecule is CCC(C)C(C#N)(CCC(O)C(CC1COc2ccccc2O1)[N+](=O)[O-])c1cc(OC)c(OC)c(OC)c1. The van der Waals surface area contributed by atoms with E-state index in [0.29, 0.717) is 40.7 Å². The molecule has 0 aliphatic carbocycles. The van der Waals surface area contributed by atoms with Gasteiger partial charge in [-0.2, -0.15) is 5.26 Å². The van der Waals surface area contributed by atoms with Crippen molar-refractivity contribution in [1.82, 2.24) is 0 Å². The van der Waals surface area contributed by atoms with Gasteiger partial charge in [0.05, 0.1) is 39.2 Å². The first kappa shape index (κ1) is 28.9. The van der Waals surface area contributed by atoms with Gasteiger partial charge in [0.2, 0.25) is 11.8 Å². The molecule has 5 unspecified atom stereocenters. The highest BCUT2D eigenvalue weighted by atomic mass is 16.6. The van der Waals surface area contributed by atoms with E-state index in [4.69, 9.17) is 23.7 Å². The Morgan fingerprint density at radius 2 is 1.82 bits per heavy atom. The summed E-state index contributed by atoms with van der Waals surface area (Å²) < 4.78 is 28.0. The molecule has 0 saturated heterocycles. The van der Waals surface area contributed by atoms with Crippen LogP contribution < -0.4 is 23.7 Å². The van der Waals surface area contributed by atoms with Gasteiger partial charge in [-0.15, -0.1) is 0 Å². The first-order valence-electron chi connectivity index (χ1n) is 12.7. The Morgan fingerprint density at radius 1 is 1.18 bits per heavy atom.